The minimum absolute atomic E-state index is 0.00743. The second-order valence-electron chi connectivity index (χ2n) is 9.20. The molecule has 9 heteroatoms. The van der Waals surface area contributed by atoms with Gasteiger partial charge in [0.25, 0.3) is 0 Å². The summed E-state index contributed by atoms with van der Waals surface area (Å²) in [5, 5.41) is 2.71. The highest BCUT2D eigenvalue weighted by Crippen LogP contribution is 2.33. The highest BCUT2D eigenvalue weighted by Gasteiger charge is 2.24. The lowest BCUT2D eigenvalue weighted by molar-refractivity contribution is -0.110. The number of carbonyl (C=O) groups is 3. The summed E-state index contributed by atoms with van der Waals surface area (Å²) in [7, 11) is 0. The van der Waals surface area contributed by atoms with E-state index in [4.69, 9.17) is 23.7 Å². The largest absolute Gasteiger partial charge is 0.514 e. The summed E-state index contributed by atoms with van der Waals surface area (Å²) in [5.41, 5.74) is -0.00754. The molecule has 1 unspecified atom stereocenters. The zero-order valence-corrected chi connectivity index (χ0v) is 20.2. The third kappa shape index (κ3) is 10.5. The Kier molecular flexibility index (Phi) is 9.96. The molecule has 0 saturated heterocycles. The molecule has 0 aliphatic carbocycles. The first-order chi connectivity index (χ1) is 14.7. The molecule has 0 aliphatic rings. The number of carbonyl (C=O) groups excluding carboxylic acids is 3. The number of rotatable bonds is 9. The van der Waals surface area contributed by atoms with Crippen LogP contribution in [0.1, 0.15) is 59.6 Å². The van der Waals surface area contributed by atoms with Crippen molar-refractivity contribution in [2.24, 2.45) is 0 Å². The molecule has 1 aromatic carbocycles. The van der Waals surface area contributed by atoms with Gasteiger partial charge in [0.05, 0.1) is 12.6 Å². The van der Waals surface area contributed by atoms with Crippen molar-refractivity contribution in [2.75, 3.05) is 13.2 Å². The van der Waals surface area contributed by atoms with Gasteiger partial charge in [-0.3, -0.25) is 4.79 Å². The zero-order chi connectivity index (χ0) is 24.5. The van der Waals surface area contributed by atoms with Crippen LogP contribution in [-0.4, -0.2) is 49.2 Å². The van der Waals surface area contributed by atoms with E-state index in [1.807, 2.05) is 13.8 Å². The number of nitrogens with one attached hydrogen (secondary N) is 1. The van der Waals surface area contributed by atoms with E-state index in [9.17, 15) is 14.4 Å². The summed E-state index contributed by atoms with van der Waals surface area (Å²) >= 11 is 0. The number of benzene rings is 1. The Balaban J connectivity index is 3.24. The highest BCUT2D eigenvalue weighted by molar-refractivity contribution is 5.70. The van der Waals surface area contributed by atoms with Crippen molar-refractivity contribution in [1.29, 1.82) is 0 Å². The van der Waals surface area contributed by atoms with Gasteiger partial charge >= 0.3 is 12.3 Å². The van der Waals surface area contributed by atoms with Crippen LogP contribution < -0.4 is 14.8 Å². The van der Waals surface area contributed by atoms with Gasteiger partial charge in [-0.2, -0.15) is 0 Å². The summed E-state index contributed by atoms with van der Waals surface area (Å²) in [6, 6.07) is 2.85. The molecule has 9 nitrogen and oxygen atoms in total. The number of hydrogen-bond donors (Lipinski definition) is 1. The van der Waals surface area contributed by atoms with E-state index in [-0.39, 0.29) is 17.5 Å². The molecular weight excluding hydrogens is 418 g/mol. The van der Waals surface area contributed by atoms with Gasteiger partial charge in [-0.1, -0.05) is 0 Å². The maximum atomic E-state index is 12.3. The maximum absolute atomic E-state index is 12.3. The summed E-state index contributed by atoms with van der Waals surface area (Å²) in [4.78, 5) is 35.4. The Morgan fingerprint density at radius 1 is 0.969 bits per heavy atom. The molecule has 0 fully saturated rings. The van der Waals surface area contributed by atoms with Crippen molar-refractivity contribution >= 4 is 18.7 Å². The maximum Gasteiger partial charge on any atom is 0.514 e. The van der Waals surface area contributed by atoms with Gasteiger partial charge in [0.1, 0.15) is 11.2 Å². The Morgan fingerprint density at radius 2 is 1.47 bits per heavy atom. The van der Waals surface area contributed by atoms with E-state index < -0.39 is 23.5 Å². The molecule has 1 N–H and O–H groups in total. The Bertz CT molecular complexity index is 792. The molecule has 0 heterocycles. The van der Waals surface area contributed by atoms with Crippen LogP contribution in [0.25, 0.3) is 0 Å². The van der Waals surface area contributed by atoms with Crippen LogP contribution in [-0.2, 0) is 25.4 Å². The fourth-order valence-corrected chi connectivity index (χ4v) is 2.59. The van der Waals surface area contributed by atoms with Gasteiger partial charge in [-0.15, -0.1) is 0 Å². The minimum Gasteiger partial charge on any atom is -0.428 e. The van der Waals surface area contributed by atoms with Crippen molar-refractivity contribution in [1.82, 2.24) is 5.32 Å². The smallest absolute Gasteiger partial charge is 0.428 e. The summed E-state index contributed by atoms with van der Waals surface area (Å²) in [5.74, 6) is 0.00281. The van der Waals surface area contributed by atoms with Crippen LogP contribution in [0, 0.1) is 6.92 Å². The van der Waals surface area contributed by atoms with Crippen LogP contribution in [0.2, 0.25) is 0 Å². The van der Waals surface area contributed by atoms with Crippen molar-refractivity contribution in [3.8, 4) is 11.5 Å². The number of amides is 1. The average Bonchev–Trinajstić information content (AvgIpc) is 2.60. The lowest BCUT2D eigenvalue weighted by atomic mass is 10.0. The summed E-state index contributed by atoms with van der Waals surface area (Å²) in [6.07, 6.45) is -0.868. The van der Waals surface area contributed by atoms with Crippen molar-refractivity contribution in [3.63, 3.8) is 0 Å². The molecule has 0 bridgehead atoms. The highest BCUT2D eigenvalue weighted by atomic mass is 16.8. The van der Waals surface area contributed by atoms with Crippen LogP contribution in [0.15, 0.2) is 12.1 Å². The minimum atomic E-state index is -0.946. The summed E-state index contributed by atoms with van der Waals surface area (Å²) in [6.45, 7) is 14.7. The Labute approximate surface area is 189 Å². The molecule has 0 radical (unpaired) electrons. The summed E-state index contributed by atoms with van der Waals surface area (Å²) < 4.78 is 26.5. The predicted molar refractivity (Wildman–Crippen MR) is 118 cm³/mol. The molecule has 0 aromatic heterocycles. The van der Waals surface area contributed by atoms with E-state index in [0.29, 0.717) is 26.0 Å². The van der Waals surface area contributed by atoms with Crippen LogP contribution >= 0.6 is 0 Å². The first-order valence-corrected chi connectivity index (χ1v) is 10.5. The van der Waals surface area contributed by atoms with E-state index in [2.05, 4.69) is 5.32 Å². The van der Waals surface area contributed by atoms with Crippen molar-refractivity contribution in [3.05, 3.63) is 23.3 Å². The van der Waals surface area contributed by atoms with Crippen LogP contribution in [0.5, 0.6) is 11.5 Å². The van der Waals surface area contributed by atoms with Gasteiger partial charge in [-0.05, 0) is 85.1 Å². The predicted octanol–water partition coefficient (Wildman–Crippen LogP) is 4.32. The normalized spacial score (nSPS) is 12.5. The van der Waals surface area contributed by atoms with E-state index in [1.54, 1.807) is 53.7 Å². The van der Waals surface area contributed by atoms with Crippen LogP contribution in [0.3, 0.4) is 0 Å². The molecule has 0 spiro atoms. The fourth-order valence-electron chi connectivity index (χ4n) is 2.59. The number of aryl methyl sites for hydroxylation is 1. The fraction of sp³-hybridized carbons (Fsp3) is 0.609. The monoisotopic (exact) mass is 453 g/mol. The molecule has 1 aromatic rings. The molecule has 180 valence electrons. The van der Waals surface area contributed by atoms with Gasteiger partial charge < -0.3 is 29.0 Å². The molecule has 0 aliphatic heterocycles. The van der Waals surface area contributed by atoms with Gasteiger partial charge in [-0.25, -0.2) is 9.59 Å². The Hall–Kier alpha value is -2.81. The molecule has 1 amide bonds. The lowest BCUT2D eigenvalue weighted by Crippen LogP contribution is -2.34. The van der Waals surface area contributed by atoms with Crippen molar-refractivity contribution in [2.45, 2.75) is 79.1 Å². The first-order valence-electron chi connectivity index (χ1n) is 10.5. The lowest BCUT2D eigenvalue weighted by Gasteiger charge is -2.22. The number of hydrogen-bond acceptors (Lipinski definition) is 8. The van der Waals surface area contributed by atoms with Gasteiger partial charge in [0.2, 0.25) is 6.41 Å². The van der Waals surface area contributed by atoms with E-state index in [0.717, 1.165) is 11.1 Å². The Morgan fingerprint density at radius 3 is 1.91 bits per heavy atom. The van der Waals surface area contributed by atoms with Gasteiger partial charge in [0, 0.05) is 6.61 Å². The first kappa shape index (κ1) is 27.2. The second-order valence-corrected chi connectivity index (χ2v) is 9.20. The van der Waals surface area contributed by atoms with E-state index >= 15 is 0 Å². The molecule has 1 atom stereocenters. The van der Waals surface area contributed by atoms with Crippen molar-refractivity contribution < 1.29 is 38.1 Å². The topological polar surface area (TPSA) is 109 Å². The SMILES string of the molecule is CCOCC(Cc1cc(OC(=O)OC(C)(C)C)c(OC(=O)OC(C)(C)C)cc1C)NC=O. The molecular formula is C23H35NO8. The second kappa shape index (κ2) is 11.7. The average molecular weight is 454 g/mol. The zero-order valence-electron chi connectivity index (χ0n) is 20.2. The number of ether oxygens (including phenoxy) is 5. The van der Waals surface area contributed by atoms with E-state index in [1.165, 1.54) is 0 Å². The standard InChI is InChI=1S/C23H35NO8/c1-9-28-13-17(24-14-25)11-16-12-19(30-21(27)32-23(6,7)8)18(10-15(16)2)29-20(26)31-22(3,4)5/h10,12,14,17H,9,11,13H2,1-8H3,(H,24,25). The van der Waals surface area contributed by atoms with Gasteiger partial charge in [0.15, 0.2) is 11.5 Å². The third-order valence-electron chi connectivity index (χ3n) is 3.86. The molecule has 32 heavy (non-hydrogen) atoms. The molecule has 1 rings (SSSR count). The molecule has 0 saturated carbocycles. The van der Waals surface area contributed by atoms with Crippen LogP contribution in [0.4, 0.5) is 9.59 Å². The third-order valence-corrected chi connectivity index (χ3v) is 3.86. The quantitative estimate of drug-likeness (QED) is 0.334.